The summed E-state index contributed by atoms with van der Waals surface area (Å²) in [5, 5.41) is 2.85. The van der Waals surface area contributed by atoms with E-state index in [1.165, 1.54) is 4.90 Å². The second-order valence-electron chi connectivity index (χ2n) is 6.42. The van der Waals surface area contributed by atoms with Crippen LogP contribution in [0.3, 0.4) is 0 Å². The van der Waals surface area contributed by atoms with Crippen LogP contribution in [0.25, 0.3) is 0 Å². The standard InChI is InChI=1S/C17H26N2O3/c1-13-8-6-9-14(12-13)18-15(20)10-7-11-19(5)16(21)22-17(2,3)4/h6,8-9,12H,7,10-11H2,1-5H3,(H,18,20). The summed E-state index contributed by atoms with van der Waals surface area (Å²) >= 11 is 0. The first-order chi connectivity index (χ1) is 10.2. The third kappa shape index (κ3) is 7.11. The molecule has 5 nitrogen and oxygen atoms in total. The van der Waals surface area contributed by atoms with E-state index in [2.05, 4.69) is 5.32 Å². The Balaban J connectivity index is 2.31. The van der Waals surface area contributed by atoms with Crippen LogP contribution in [-0.4, -0.2) is 36.1 Å². The zero-order valence-electron chi connectivity index (χ0n) is 14.1. The third-order valence-electron chi connectivity index (χ3n) is 2.90. The van der Waals surface area contributed by atoms with Crippen molar-refractivity contribution >= 4 is 17.7 Å². The molecule has 0 atom stereocenters. The van der Waals surface area contributed by atoms with Gasteiger partial charge in [-0.15, -0.1) is 0 Å². The van der Waals surface area contributed by atoms with E-state index >= 15 is 0 Å². The van der Waals surface area contributed by atoms with E-state index in [9.17, 15) is 9.59 Å². The van der Waals surface area contributed by atoms with E-state index in [4.69, 9.17) is 4.74 Å². The van der Waals surface area contributed by atoms with Gasteiger partial charge in [-0.2, -0.15) is 0 Å². The molecule has 0 spiro atoms. The average molecular weight is 306 g/mol. The average Bonchev–Trinajstić information content (AvgIpc) is 2.36. The summed E-state index contributed by atoms with van der Waals surface area (Å²) in [7, 11) is 1.67. The van der Waals surface area contributed by atoms with E-state index in [1.54, 1.807) is 7.05 Å². The molecule has 0 saturated heterocycles. The van der Waals surface area contributed by atoms with Crippen LogP contribution < -0.4 is 5.32 Å². The number of nitrogens with zero attached hydrogens (tertiary/aromatic N) is 1. The molecule has 0 fully saturated rings. The monoisotopic (exact) mass is 306 g/mol. The van der Waals surface area contributed by atoms with Crippen LogP contribution in [-0.2, 0) is 9.53 Å². The molecule has 1 rings (SSSR count). The summed E-state index contributed by atoms with van der Waals surface area (Å²) in [6.07, 6.45) is 0.584. The number of ether oxygens (including phenoxy) is 1. The van der Waals surface area contributed by atoms with Gasteiger partial charge in [0, 0.05) is 25.7 Å². The first kappa shape index (κ1) is 18.0. The molecule has 0 aliphatic heterocycles. The maximum atomic E-state index is 11.9. The van der Waals surface area contributed by atoms with Crippen molar-refractivity contribution in [2.24, 2.45) is 0 Å². The Morgan fingerprint density at radius 1 is 1.27 bits per heavy atom. The zero-order chi connectivity index (χ0) is 16.8. The lowest BCUT2D eigenvalue weighted by molar-refractivity contribution is -0.116. The van der Waals surface area contributed by atoms with Crippen molar-refractivity contribution in [2.75, 3.05) is 18.9 Å². The van der Waals surface area contributed by atoms with Crippen LogP contribution in [0, 0.1) is 6.92 Å². The van der Waals surface area contributed by atoms with Gasteiger partial charge in [-0.05, 0) is 51.8 Å². The minimum Gasteiger partial charge on any atom is -0.444 e. The molecule has 0 unspecified atom stereocenters. The normalized spacial score (nSPS) is 11.0. The van der Waals surface area contributed by atoms with E-state index < -0.39 is 5.60 Å². The quantitative estimate of drug-likeness (QED) is 0.904. The summed E-state index contributed by atoms with van der Waals surface area (Å²) in [5.74, 6) is -0.0526. The van der Waals surface area contributed by atoms with Gasteiger partial charge in [0.25, 0.3) is 0 Å². The maximum Gasteiger partial charge on any atom is 0.410 e. The van der Waals surface area contributed by atoms with Gasteiger partial charge in [0.2, 0.25) is 5.91 Å². The molecule has 2 amide bonds. The van der Waals surface area contributed by atoms with Crippen molar-refractivity contribution in [3.63, 3.8) is 0 Å². The fourth-order valence-corrected chi connectivity index (χ4v) is 1.85. The highest BCUT2D eigenvalue weighted by atomic mass is 16.6. The predicted molar refractivity (Wildman–Crippen MR) is 87.9 cm³/mol. The Kier molecular flexibility index (Phi) is 6.40. The molecule has 0 saturated carbocycles. The molecular weight excluding hydrogens is 280 g/mol. The number of nitrogens with one attached hydrogen (secondary N) is 1. The van der Waals surface area contributed by atoms with Crippen LogP contribution in [0.5, 0.6) is 0 Å². The molecule has 1 N–H and O–H groups in total. The molecule has 0 radical (unpaired) electrons. The summed E-state index contributed by atoms with van der Waals surface area (Å²) in [4.78, 5) is 25.1. The van der Waals surface area contributed by atoms with E-state index in [-0.39, 0.29) is 12.0 Å². The molecule has 0 aliphatic rings. The van der Waals surface area contributed by atoms with Crippen LogP contribution in [0.4, 0.5) is 10.5 Å². The van der Waals surface area contributed by atoms with Crippen LogP contribution >= 0.6 is 0 Å². The second kappa shape index (κ2) is 7.82. The first-order valence-electron chi connectivity index (χ1n) is 7.48. The number of anilines is 1. The minimum absolute atomic E-state index is 0.0526. The smallest absolute Gasteiger partial charge is 0.410 e. The number of rotatable bonds is 5. The fourth-order valence-electron chi connectivity index (χ4n) is 1.85. The Bertz CT molecular complexity index is 521. The van der Waals surface area contributed by atoms with E-state index in [0.717, 1.165) is 11.3 Å². The van der Waals surface area contributed by atoms with Gasteiger partial charge in [0.15, 0.2) is 0 Å². The summed E-state index contributed by atoms with van der Waals surface area (Å²) in [6.45, 7) is 7.94. The van der Waals surface area contributed by atoms with Gasteiger partial charge in [0.05, 0.1) is 0 Å². The second-order valence-corrected chi connectivity index (χ2v) is 6.42. The van der Waals surface area contributed by atoms with Gasteiger partial charge in [-0.25, -0.2) is 4.79 Å². The Morgan fingerprint density at radius 3 is 2.55 bits per heavy atom. The fraction of sp³-hybridized carbons (Fsp3) is 0.529. The Hall–Kier alpha value is -2.04. The number of benzene rings is 1. The van der Waals surface area contributed by atoms with Crippen LogP contribution in [0.2, 0.25) is 0 Å². The van der Waals surface area contributed by atoms with E-state index in [0.29, 0.717) is 19.4 Å². The van der Waals surface area contributed by atoms with Gasteiger partial charge >= 0.3 is 6.09 Å². The zero-order valence-corrected chi connectivity index (χ0v) is 14.1. The maximum absolute atomic E-state index is 11.9. The molecule has 1 aromatic rings. The van der Waals surface area contributed by atoms with Crippen molar-refractivity contribution in [3.05, 3.63) is 29.8 Å². The summed E-state index contributed by atoms with van der Waals surface area (Å²) in [5.41, 5.74) is 1.39. The van der Waals surface area contributed by atoms with Crippen molar-refractivity contribution in [3.8, 4) is 0 Å². The van der Waals surface area contributed by atoms with Crippen LogP contribution in [0.1, 0.15) is 39.2 Å². The van der Waals surface area contributed by atoms with Crippen molar-refractivity contribution in [1.29, 1.82) is 0 Å². The van der Waals surface area contributed by atoms with Gasteiger partial charge in [-0.1, -0.05) is 12.1 Å². The molecule has 0 aromatic heterocycles. The van der Waals surface area contributed by atoms with Crippen molar-refractivity contribution < 1.29 is 14.3 Å². The number of amides is 2. The SMILES string of the molecule is Cc1cccc(NC(=O)CCCN(C)C(=O)OC(C)(C)C)c1. The molecular formula is C17H26N2O3. The predicted octanol–water partition coefficient (Wildman–Crippen LogP) is 3.58. The lowest BCUT2D eigenvalue weighted by Crippen LogP contribution is -2.35. The third-order valence-corrected chi connectivity index (χ3v) is 2.90. The minimum atomic E-state index is -0.506. The van der Waals surface area contributed by atoms with Crippen molar-refractivity contribution in [1.82, 2.24) is 4.90 Å². The van der Waals surface area contributed by atoms with Gasteiger partial charge < -0.3 is 15.0 Å². The Labute approximate surface area is 132 Å². The van der Waals surface area contributed by atoms with Crippen molar-refractivity contribution in [2.45, 2.75) is 46.1 Å². The van der Waals surface area contributed by atoms with Gasteiger partial charge in [-0.3, -0.25) is 4.79 Å². The lowest BCUT2D eigenvalue weighted by atomic mass is 10.2. The molecule has 22 heavy (non-hydrogen) atoms. The number of carbonyl (C=O) groups is 2. The van der Waals surface area contributed by atoms with E-state index in [1.807, 2.05) is 52.0 Å². The Morgan fingerprint density at radius 2 is 1.95 bits per heavy atom. The lowest BCUT2D eigenvalue weighted by Gasteiger charge is -2.24. The molecule has 0 heterocycles. The topological polar surface area (TPSA) is 58.6 Å². The number of hydrogen-bond donors (Lipinski definition) is 1. The first-order valence-corrected chi connectivity index (χ1v) is 7.48. The number of aryl methyl sites for hydroxylation is 1. The highest BCUT2D eigenvalue weighted by Gasteiger charge is 2.19. The number of carbonyl (C=O) groups excluding carboxylic acids is 2. The highest BCUT2D eigenvalue weighted by molar-refractivity contribution is 5.90. The van der Waals surface area contributed by atoms with Gasteiger partial charge in [0.1, 0.15) is 5.60 Å². The molecule has 1 aromatic carbocycles. The molecule has 0 aliphatic carbocycles. The molecule has 122 valence electrons. The molecule has 5 heteroatoms. The summed E-state index contributed by atoms with van der Waals surface area (Å²) < 4.78 is 5.25. The largest absolute Gasteiger partial charge is 0.444 e. The van der Waals surface area contributed by atoms with Crippen LogP contribution in [0.15, 0.2) is 24.3 Å². The number of hydrogen-bond acceptors (Lipinski definition) is 3. The summed E-state index contributed by atoms with van der Waals surface area (Å²) in [6, 6.07) is 7.66. The molecule has 0 bridgehead atoms. The highest BCUT2D eigenvalue weighted by Crippen LogP contribution is 2.11.